The standard InChI is InChI=1S/C20H28N2O5S/c1-15(19(23)21-17-7-4-2-3-5-8-17)27-20(24)16-9-11-18(12-10-16)22-13-6-14-28(22,25)26/h9-12,15,17H,2-8,13-14H2,1H3,(H,21,23)/t15-/m0/s1. The van der Waals surface area contributed by atoms with Crippen molar-refractivity contribution < 1.29 is 22.7 Å². The van der Waals surface area contributed by atoms with Crippen LogP contribution >= 0.6 is 0 Å². The summed E-state index contributed by atoms with van der Waals surface area (Å²) in [6.07, 6.45) is 6.27. The number of amides is 1. The SMILES string of the molecule is C[C@H](OC(=O)c1ccc(N2CCCS2(=O)=O)cc1)C(=O)NC1CCCCCC1. The molecular weight excluding hydrogens is 380 g/mol. The van der Waals surface area contributed by atoms with Crippen molar-refractivity contribution in [3.05, 3.63) is 29.8 Å². The highest BCUT2D eigenvalue weighted by Crippen LogP contribution is 2.24. The first kappa shape index (κ1) is 20.6. The molecule has 1 aromatic rings. The van der Waals surface area contributed by atoms with Crippen LogP contribution in [0, 0.1) is 0 Å². The zero-order valence-electron chi connectivity index (χ0n) is 16.2. The second kappa shape index (κ2) is 8.94. The van der Waals surface area contributed by atoms with Crippen molar-refractivity contribution in [1.29, 1.82) is 0 Å². The molecule has 28 heavy (non-hydrogen) atoms. The van der Waals surface area contributed by atoms with Gasteiger partial charge in [-0.25, -0.2) is 13.2 Å². The Morgan fingerprint density at radius 1 is 1.07 bits per heavy atom. The topological polar surface area (TPSA) is 92.8 Å². The molecule has 1 aliphatic heterocycles. The Morgan fingerprint density at radius 2 is 1.71 bits per heavy atom. The van der Waals surface area contributed by atoms with E-state index in [4.69, 9.17) is 4.74 Å². The van der Waals surface area contributed by atoms with Gasteiger partial charge in [0.15, 0.2) is 6.10 Å². The molecule has 1 aliphatic carbocycles. The van der Waals surface area contributed by atoms with Crippen molar-refractivity contribution in [2.45, 2.75) is 64.0 Å². The fourth-order valence-electron chi connectivity index (χ4n) is 3.72. The van der Waals surface area contributed by atoms with Crippen LogP contribution in [0.4, 0.5) is 5.69 Å². The molecule has 1 amide bonds. The van der Waals surface area contributed by atoms with Gasteiger partial charge in [-0.2, -0.15) is 0 Å². The number of carbonyl (C=O) groups is 2. The van der Waals surface area contributed by atoms with Crippen molar-refractivity contribution >= 4 is 27.6 Å². The van der Waals surface area contributed by atoms with E-state index in [1.165, 1.54) is 29.3 Å². The Labute approximate surface area is 166 Å². The number of benzene rings is 1. The van der Waals surface area contributed by atoms with E-state index in [0.717, 1.165) is 25.7 Å². The molecule has 0 bridgehead atoms. The summed E-state index contributed by atoms with van der Waals surface area (Å²) in [6.45, 7) is 2.01. The fourth-order valence-corrected chi connectivity index (χ4v) is 5.28. The first-order valence-corrected chi connectivity index (χ1v) is 11.6. The highest BCUT2D eigenvalue weighted by Gasteiger charge is 2.28. The summed E-state index contributed by atoms with van der Waals surface area (Å²) in [5, 5.41) is 2.98. The molecule has 1 N–H and O–H groups in total. The molecule has 1 heterocycles. The maximum atomic E-state index is 12.3. The van der Waals surface area contributed by atoms with Crippen LogP contribution in [0.1, 0.15) is 62.2 Å². The number of ether oxygens (including phenoxy) is 1. The Balaban J connectivity index is 1.55. The Kier molecular flexibility index (Phi) is 6.59. The molecule has 0 spiro atoms. The van der Waals surface area contributed by atoms with Gasteiger partial charge >= 0.3 is 5.97 Å². The molecule has 1 aromatic carbocycles. The summed E-state index contributed by atoms with van der Waals surface area (Å²) in [6, 6.07) is 6.40. The van der Waals surface area contributed by atoms with E-state index >= 15 is 0 Å². The normalized spacial score (nSPS) is 21.0. The zero-order chi connectivity index (χ0) is 20.1. The minimum Gasteiger partial charge on any atom is -0.449 e. The lowest BCUT2D eigenvalue weighted by atomic mass is 10.1. The molecule has 7 nitrogen and oxygen atoms in total. The van der Waals surface area contributed by atoms with Crippen molar-refractivity contribution in [3.63, 3.8) is 0 Å². The van der Waals surface area contributed by atoms with Crippen LogP contribution in [-0.4, -0.2) is 44.7 Å². The molecule has 0 aromatic heterocycles. The number of nitrogens with zero attached hydrogens (tertiary/aromatic N) is 1. The van der Waals surface area contributed by atoms with E-state index < -0.39 is 22.1 Å². The summed E-state index contributed by atoms with van der Waals surface area (Å²) in [5.74, 6) is -0.732. The molecule has 2 aliphatic rings. The lowest BCUT2D eigenvalue weighted by molar-refractivity contribution is -0.129. The third-order valence-electron chi connectivity index (χ3n) is 5.34. The molecule has 1 saturated heterocycles. The van der Waals surface area contributed by atoms with Crippen LogP contribution in [-0.2, 0) is 19.6 Å². The van der Waals surface area contributed by atoms with E-state index in [1.54, 1.807) is 19.1 Å². The molecular formula is C20H28N2O5S. The van der Waals surface area contributed by atoms with Gasteiger partial charge in [-0.05, 0) is 50.5 Å². The van der Waals surface area contributed by atoms with Gasteiger partial charge in [-0.15, -0.1) is 0 Å². The number of esters is 1. The highest BCUT2D eigenvalue weighted by atomic mass is 32.2. The van der Waals surface area contributed by atoms with Crippen molar-refractivity contribution in [1.82, 2.24) is 5.32 Å². The first-order valence-electron chi connectivity index (χ1n) is 9.99. The summed E-state index contributed by atoms with van der Waals surface area (Å²) in [5.41, 5.74) is 0.822. The third-order valence-corrected chi connectivity index (χ3v) is 7.21. The second-order valence-corrected chi connectivity index (χ2v) is 9.55. The molecule has 0 radical (unpaired) electrons. The predicted molar refractivity (Wildman–Crippen MR) is 107 cm³/mol. The van der Waals surface area contributed by atoms with Crippen LogP contribution in [0.2, 0.25) is 0 Å². The zero-order valence-corrected chi connectivity index (χ0v) is 17.0. The van der Waals surface area contributed by atoms with Crippen LogP contribution in [0.25, 0.3) is 0 Å². The quantitative estimate of drug-likeness (QED) is 0.597. The minimum absolute atomic E-state index is 0.143. The number of hydrogen-bond donors (Lipinski definition) is 1. The molecule has 3 rings (SSSR count). The van der Waals surface area contributed by atoms with Crippen LogP contribution < -0.4 is 9.62 Å². The molecule has 154 valence electrons. The van der Waals surface area contributed by atoms with Crippen LogP contribution in [0.15, 0.2) is 24.3 Å². The van der Waals surface area contributed by atoms with Gasteiger partial charge in [0.05, 0.1) is 17.0 Å². The van der Waals surface area contributed by atoms with Gasteiger partial charge in [-0.3, -0.25) is 9.10 Å². The van der Waals surface area contributed by atoms with Crippen LogP contribution in [0.5, 0.6) is 0 Å². The average molecular weight is 409 g/mol. The van der Waals surface area contributed by atoms with Gasteiger partial charge in [0.1, 0.15) is 0 Å². The van der Waals surface area contributed by atoms with Gasteiger partial charge in [0.2, 0.25) is 10.0 Å². The van der Waals surface area contributed by atoms with Crippen molar-refractivity contribution in [2.75, 3.05) is 16.6 Å². The Hall–Kier alpha value is -2.09. The van der Waals surface area contributed by atoms with Gasteiger partial charge in [-0.1, -0.05) is 25.7 Å². The molecule has 1 saturated carbocycles. The fraction of sp³-hybridized carbons (Fsp3) is 0.600. The molecule has 0 unspecified atom stereocenters. The Bertz CT molecular complexity index is 798. The number of rotatable bonds is 5. The summed E-state index contributed by atoms with van der Waals surface area (Å²) in [7, 11) is -3.26. The van der Waals surface area contributed by atoms with Gasteiger partial charge < -0.3 is 10.1 Å². The van der Waals surface area contributed by atoms with E-state index in [0.29, 0.717) is 18.7 Å². The first-order chi connectivity index (χ1) is 13.4. The van der Waals surface area contributed by atoms with Gasteiger partial charge in [0, 0.05) is 12.6 Å². The smallest absolute Gasteiger partial charge is 0.338 e. The van der Waals surface area contributed by atoms with Crippen molar-refractivity contribution in [3.8, 4) is 0 Å². The average Bonchev–Trinajstić information content (AvgIpc) is 2.85. The number of sulfonamides is 1. The number of anilines is 1. The maximum absolute atomic E-state index is 12.3. The summed E-state index contributed by atoms with van der Waals surface area (Å²) in [4.78, 5) is 24.7. The monoisotopic (exact) mass is 408 g/mol. The largest absolute Gasteiger partial charge is 0.449 e. The van der Waals surface area contributed by atoms with Crippen LogP contribution in [0.3, 0.4) is 0 Å². The van der Waals surface area contributed by atoms with Crippen molar-refractivity contribution in [2.24, 2.45) is 0 Å². The number of nitrogens with one attached hydrogen (secondary N) is 1. The highest BCUT2D eigenvalue weighted by molar-refractivity contribution is 7.93. The lowest BCUT2D eigenvalue weighted by Crippen LogP contribution is -2.41. The summed E-state index contributed by atoms with van der Waals surface area (Å²) < 4.78 is 30.6. The third kappa shape index (κ3) is 5.04. The van der Waals surface area contributed by atoms with E-state index in [2.05, 4.69) is 5.32 Å². The summed E-state index contributed by atoms with van der Waals surface area (Å²) >= 11 is 0. The predicted octanol–water partition coefficient (Wildman–Crippen LogP) is 2.61. The maximum Gasteiger partial charge on any atom is 0.338 e. The molecule has 8 heteroatoms. The second-order valence-electron chi connectivity index (χ2n) is 7.53. The van der Waals surface area contributed by atoms with Gasteiger partial charge in [0.25, 0.3) is 5.91 Å². The number of hydrogen-bond acceptors (Lipinski definition) is 5. The molecule has 2 fully saturated rings. The Morgan fingerprint density at radius 3 is 2.29 bits per heavy atom. The van der Waals surface area contributed by atoms with E-state index in [-0.39, 0.29) is 23.3 Å². The molecule has 1 atom stereocenters. The minimum atomic E-state index is -3.26. The number of carbonyl (C=O) groups excluding carboxylic acids is 2. The van der Waals surface area contributed by atoms with E-state index in [9.17, 15) is 18.0 Å². The van der Waals surface area contributed by atoms with E-state index in [1.807, 2.05) is 0 Å². The lowest BCUT2D eigenvalue weighted by Gasteiger charge is -2.20.